The summed E-state index contributed by atoms with van der Waals surface area (Å²) in [5, 5.41) is 6.70. The highest BCUT2D eigenvalue weighted by Gasteiger charge is 2.10. The number of aryl methyl sites for hydroxylation is 1. The molecule has 1 amide bonds. The highest BCUT2D eigenvalue weighted by molar-refractivity contribution is 5.75. The SMILES string of the molecule is O=C(CCc1nc(-c2cccnc2)no1)NCCCOc1ccc(F)cc1. The van der Waals surface area contributed by atoms with Gasteiger partial charge in [-0.2, -0.15) is 4.98 Å². The minimum absolute atomic E-state index is 0.0992. The molecule has 8 heteroatoms. The third kappa shape index (κ3) is 5.88. The number of halogens is 1. The minimum atomic E-state index is -0.302. The molecule has 0 unspecified atom stereocenters. The molecule has 0 atom stereocenters. The van der Waals surface area contributed by atoms with Gasteiger partial charge in [0.2, 0.25) is 17.6 Å². The average Bonchev–Trinajstić information content (AvgIpc) is 3.17. The van der Waals surface area contributed by atoms with Crippen LogP contribution in [0.15, 0.2) is 53.3 Å². The van der Waals surface area contributed by atoms with Crippen LogP contribution in [0, 0.1) is 5.82 Å². The molecule has 0 aliphatic heterocycles. The molecular formula is C19H19FN4O3. The minimum Gasteiger partial charge on any atom is -0.494 e. The van der Waals surface area contributed by atoms with E-state index in [1.165, 1.54) is 12.1 Å². The van der Waals surface area contributed by atoms with E-state index in [9.17, 15) is 9.18 Å². The lowest BCUT2D eigenvalue weighted by Gasteiger charge is -2.07. The monoisotopic (exact) mass is 370 g/mol. The molecule has 3 rings (SSSR count). The van der Waals surface area contributed by atoms with Crippen molar-refractivity contribution in [1.29, 1.82) is 0 Å². The van der Waals surface area contributed by atoms with E-state index < -0.39 is 0 Å². The maximum Gasteiger partial charge on any atom is 0.227 e. The summed E-state index contributed by atoms with van der Waals surface area (Å²) in [5.74, 6) is 1.06. The molecule has 0 aliphatic carbocycles. The van der Waals surface area contributed by atoms with Crippen LogP contribution in [0.25, 0.3) is 11.4 Å². The molecule has 0 saturated carbocycles. The van der Waals surface area contributed by atoms with Crippen molar-refractivity contribution in [2.75, 3.05) is 13.2 Å². The number of hydrogen-bond acceptors (Lipinski definition) is 6. The van der Waals surface area contributed by atoms with Crippen LogP contribution in [0.4, 0.5) is 4.39 Å². The Morgan fingerprint density at radius 3 is 2.85 bits per heavy atom. The highest BCUT2D eigenvalue weighted by atomic mass is 19.1. The van der Waals surface area contributed by atoms with Crippen LogP contribution in [-0.2, 0) is 11.2 Å². The molecule has 1 N–H and O–H groups in total. The normalized spacial score (nSPS) is 10.6. The Labute approximate surface area is 155 Å². The van der Waals surface area contributed by atoms with Crippen molar-refractivity contribution in [3.05, 3.63) is 60.5 Å². The van der Waals surface area contributed by atoms with E-state index in [0.717, 1.165) is 5.56 Å². The maximum atomic E-state index is 12.8. The molecule has 0 saturated heterocycles. The van der Waals surface area contributed by atoms with Crippen LogP contribution in [0.2, 0.25) is 0 Å². The lowest BCUT2D eigenvalue weighted by Crippen LogP contribution is -2.25. The van der Waals surface area contributed by atoms with Gasteiger partial charge in [0.1, 0.15) is 11.6 Å². The third-order valence-electron chi connectivity index (χ3n) is 3.68. The second-order valence-corrected chi connectivity index (χ2v) is 5.76. The fourth-order valence-corrected chi connectivity index (χ4v) is 2.30. The lowest BCUT2D eigenvalue weighted by atomic mass is 10.2. The summed E-state index contributed by atoms with van der Waals surface area (Å²) in [6, 6.07) is 9.44. The number of benzene rings is 1. The standard InChI is InChI=1S/C19H19FN4O3/c20-15-4-6-16(7-5-15)26-12-2-11-22-17(25)8-9-18-23-19(24-27-18)14-3-1-10-21-13-14/h1,3-7,10,13H,2,8-9,11-12H2,(H,22,25). The number of hydrogen-bond donors (Lipinski definition) is 1. The Balaban J connectivity index is 1.32. The van der Waals surface area contributed by atoms with Gasteiger partial charge in [0.25, 0.3) is 0 Å². The molecule has 0 spiro atoms. The van der Waals surface area contributed by atoms with E-state index in [-0.39, 0.29) is 18.1 Å². The van der Waals surface area contributed by atoms with Crippen LogP contribution >= 0.6 is 0 Å². The number of carbonyl (C=O) groups excluding carboxylic acids is 1. The van der Waals surface area contributed by atoms with Gasteiger partial charge in [0.05, 0.1) is 6.61 Å². The predicted octanol–water partition coefficient (Wildman–Crippen LogP) is 2.79. The number of ether oxygens (including phenoxy) is 1. The molecule has 3 aromatic rings. The molecule has 7 nitrogen and oxygen atoms in total. The van der Waals surface area contributed by atoms with Gasteiger partial charge in [-0.05, 0) is 42.8 Å². The Morgan fingerprint density at radius 1 is 1.22 bits per heavy atom. The molecule has 0 bridgehead atoms. The summed E-state index contributed by atoms with van der Waals surface area (Å²) in [7, 11) is 0. The van der Waals surface area contributed by atoms with E-state index >= 15 is 0 Å². The lowest BCUT2D eigenvalue weighted by molar-refractivity contribution is -0.121. The van der Waals surface area contributed by atoms with E-state index in [0.29, 0.717) is 43.5 Å². The number of pyridine rings is 1. The van der Waals surface area contributed by atoms with Crippen molar-refractivity contribution in [2.24, 2.45) is 0 Å². The van der Waals surface area contributed by atoms with Crippen molar-refractivity contribution in [1.82, 2.24) is 20.4 Å². The molecule has 27 heavy (non-hydrogen) atoms. The van der Waals surface area contributed by atoms with E-state index in [4.69, 9.17) is 9.26 Å². The molecule has 0 radical (unpaired) electrons. The van der Waals surface area contributed by atoms with E-state index in [2.05, 4.69) is 20.4 Å². The van der Waals surface area contributed by atoms with Gasteiger partial charge in [-0.15, -0.1) is 0 Å². The first-order chi connectivity index (χ1) is 13.2. The molecule has 140 valence electrons. The zero-order chi connectivity index (χ0) is 18.9. The van der Waals surface area contributed by atoms with Crippen molar-refractivity contribution < 1.29 is 18.4 Å². The van der Waals surface area contributed by atoms with Gasteiger partial charge in [-0.25, -0.2) is 4.39 Å². The van der Waals surface area contributed by atoms with Crippen LogP contribution in [0.5, 0.6) is 5.75 Å². The number of amides is 1. The number of aromatic nitrogens is 3. The average molecular weight is 370 g/mol. The molecule has 2 aromatic heterocycles. The van der Waals surface area contributed by atoms with Crippen LogP contribution in [0.1, 0.15) is 18.7 Å². The van der Waals surface area contributed by atoms with Crippen LogP contribution in [-0.4, -0.2) is 34.2 Å². The number of nitrogens with zero attached hydrogens (tertiary/aromatic N) is 3. The van der Waals surface area contributed by atoms with E-state index in [1.807, 2.05) is 6.07 Å². The van der Waals surface area contributed by atoms with Gasteiger partial charge >= 0.3 is 0 Å². The summed E-state index contributed by atoms with van der Waals surface area (Å²) < 4.78 is 23.4. The largest absolute Gasteiger partial charge is 0.494 e. The first kappa shape index (κ1) is 18.5. The van der Waals surface area contributed by atoms with E-state index in [1.54, 1.807) is 30.6 Å². The smallest absolute Gasteiger partial charge is 0.227 e. The quantitative estimate of drug-likeness (QED) is 0.583. The van der Waals surface area contributed by atoms with Gasteiger partial charge in [-0.3, -0.25) is 9.78 Å². The first-order valence-corrected chi connectivity index (χ1v) is 8.59. The summed E-state index contributed by atoms with van der Waals surface area (Å²) in [4.78, 5) is 20.1. The topological polar surface area (TPSA) is 90.1 Å². The number of carbonyl (C=O) groups is 1. The van der Waals surface area contributed by atoms with Gasteiger partial charge in [0, 0.05) is 37.3 Å². The second kappa shape index (κ2) is 9.42. The van der Waals surface area contributed by atoms with Gasteiger partial charge in [-0.1, -0.05) is 5.16 Å². The zero-order valence-electron chi connectivity index (χ0n) is 14.6. The second-order valence-electron chi connectivity index (χ2n) is 5.76. The summed E-state index contributed by atoms with van der Waals surface area (Å²) in [6.07, 6.45) is 4.59. The fourth-order valence-electron chi connectivity index (χ4n) is 2.30. The Kier molecular flexibility index (Phi) is 6.45. The molecule has 1 aromatic carbocycles. The summed E-state index contributed by atoms with van der Waals surface area (Å²) in [5.41, 5.74) is 0.762. The third-order valence-corrected chi connectivity index (χ3v) is 3.68. The molecular weight excluding hydrogens is 351 g/mol. The highest BCUT2D eigenvalue weighted by Crippen LogP contribution is 2.14. The number of rotatable bonds is 9. The molecule has 0 fully saturated rings. The zero-order valence-corrected chi connectivity index (χ0v) is 14.6. The Bertz CT molecular complexity index is 853. The first-order valence-electron chi connectivity index (χ1n) is 8.59. The maximum absolute atomic E-state index is 12.8. The number of nitrogens with one attached hydrogen (secondary N) is 1. The predicted molar refractivity (Wildman–Crippen MR) is 95.4 cm³/mol. The summed E-state index contributed by atoms with van der Waals surface area (Å²) in [6.45, 7) is 0.925. The summed E-state index contributed by atoms with van der Waals surface area (Å²) >= 11 is 0. The molecule has 2 heterocycles. The van der Waals surface area contributed by atoms with Crippen molar-refractivity contribution in [3.63, 3.8) is 0 Å². The van der Waals surface area contributed by atoms with Gasteiger partial charge in [0.15, 0.2) is 0 Å². The van der Waals surface area contributed by atoms with Crippen molar-refractivity contribution in [3.8, 4) is 17.1 Å². The van der Waals surface area contributed by atoms with Crippen molar-refractivity contribution >= 4 is 5.91 Å². The van der Waals surface area contributed by atoms with Crippen LogP contribution < -0.4 is 10.1 Å². The van der Waals surface area contributed by atoms with Crippen molar-refractivity contribution in [2.45, 2.75) is 19.3 Å². The van der Waals surface area contributed by atoms with Gasteiger partial charge < -0.3 is 14.6 Å². The van der Waals surface area contributed by atoms with Crippen LogP contribution in [0.3, 0.4) is 0 Å². The fraction of sp³-hybridized carbons (Fsp3) is 0.263. The Hall–Kier alpha value is -3.29. The Morgan fingerprint density at radius 2 is 2.07 bits per heavy atom. The molecule has 0 aliphatic rings.